The molecular formula is C58H63BN2O2. The van der Waals surface area contributed by atoms with E-state index in [0.29, 0.717) is 0 Å². The molecule has 0 radical (unpaired) electrons. The van der Waals surface area contributed by atoms with Gasteiger partial charge in [-0.3, -0.25) is 0 Å². The lowest BCUT2D eigenvalue weighted by Crippen LogP contribution is -2.62. The first-order chi connectivity index (χ1) is 29.7. The third kappa shape index (κ3) is 6.08. The van der Waals surface area contributed by atoms with E-state index in [9.17, 15) is 0 Å². The van der Waals surface area contributed by atoms with Gasteiger partial charge in [0.2, 0.25) is 6.79 Å². The number of aryl methyl sites for hydroxylation is 1. The standard InChI is InChI=1S/C58H63BN2O2/c1-35-26-49-53-50(27-35)61(47-33-52-51(62-34-63-52)30-39(47)36-16-14-13-15-17-36)46-21-18-37(54(2,3)4)28-44(46)59(53)45-31-42-43(58(11,12)25-24-57(42,9)10)32-48(45)60(49)38-19-20-40-41(29-38)56(7,8)23-22-55(40,5)6/h13-21,26-33H,22-25,34H2,1-12H3. The molecule has 3 heterocycles. The first-order valence-corrected chi connectivity index (χ1v) is 23.5. The predicted octanol–water partition coefficient (Wildman–Crippen LogP) is 13.5. The zero-order valence-corrected chi connectivity index (χ0v) is 39.6. The minimum atomic E-state index is -0.0424. The number of ether oxygens (including phenoxy) is 2. The fourth-order valence-electron chi connectivity index (χ4n) is 11.9. The van der Waals surface area contributed by atoms with Gasteiger partial charge in [0.15, 0.2) is 11.5 Å². The summed E-state index contributed by atoms with van der Waals surface area (Å²) in [5, 5.41) is 0. The average molecular weight is 831 g/mol. The molecule has 0 aromatic heterocycles. The second kappa shape index (κ2) is 13.3. The third-order valence-electron chi connectivity index (χ3n) is 16.0. The lowest BCUT2D eigenvalue weighted by molar-refractivity contribution is 0.174. The number of anilines is 6. The molecule has 0 N–H and O–H groups in total. The minimum Gasteiger partial charge on any atom is -0.454 e. The van der Waals surface area contributed by atoms with E-state index in [-0.39, 0.29) is 40.6 Å². The summed E-state index contributed by atoms with van der Waals surface area (Å²) in [5.74, 6) is 1.57. The first-order valence-electron chi connectivity index (χ1n) is 23.5. The molecular weight excluding hydrogens is 767 g/mol. The van der Waals surface area contributed by atoms with E-state index in [1.807, 2.05) is 0 Å². The lowest BCUT2D eigenvalue weighted by Gasteiger charge is -2.48. The minimum absolute atomic E-state index is 0.0173. The van der Waals surface area contributed by atoms with Crippen molar-refractivity contribution in [3.05, 3.63) is 137 Å². The highest BCUT2D eigenvalue weighted by atomic mass is 16.7. The van der Waals surface area contributed by atoms with Crippen LogP contribution in [0.4, 0.5) is 34.1 Å². The molecule has 0 fully saturated rings. The summed E-state index contributed by atoms with van der Waals surface area (Å²) < 4.78 is 12.3. The van der Waals surface area contributed by atoms with Gasteiger partial charge in [0.1, 0.15) is 0 Å². The first kappa shape index (κ1) is 40.4. The van der Waals surface area contributed by atoms with Gasteiger partial charge in [-0.05, 0) is 157 Å². The predicted molar refractivity (Wildman–Crippen MR) is 266 cm³/mol. The Bertz CT molecular complexity index is 2900. The van der Waals surface area contributed by atoms with Gasteiger partial charge in [0.25, 0.3) is 6.71 Å². The van der Waals surface area contributed by atoms with Crippen molar-refractivity contribution in [1.82, 2.24) is 0 Å². The topological polar surface area (TPSA) is 24.9 Å². The molecule has 5 aliphatic rings. The molecule has 0 saturated carbocycles. The zero-order chi connectivity index (χ0) is 44.2. The van der Waals surface area contributed by atoms with Gasteiger partial charge in [-0.2, -0.15) is 0 Å². The summed E-state index contributed by atoms with van der Waals surface area (Å²) in [6, 6.07) is 40.2. The van der Waals surface area contributed by atoms with Crippen LogP contribution in [0.5, 0.6) is 11.5 Å². The van der Waals surface area contributed by atoms with Gasteiger partial charge in [-0.1, -0.05) is 131 Å². The molecule has 0 amide bonds. The molecule has 6 aromatic rings. The molecule has 5 heteroatoms. The highest BCUT2D eigenvalue weighted by molar-refractivity contribution is 7.00. The molecule has 320 valence electrons. The number of hydrogen-bond acceptors (Lipinski definition) is 4. The Labute approximate surface area is 376 Å². The van der Waals surface area contributed by atoms with Crippen LogP contribution in [0.15, 0.2) is 103 Å². The Balaban J connectivity index is 1.27. The monoisotopic (exact) mass is 830 g/mol. The van der Waals surface area contributed by atoms with Crippen LogP contribution in [0.25, 0.3) is 11.1 Å². The largest absolute Gasteiger partial charge is 0.454 e. The molecule has 11 rings (SSSR count). The number of fused-ring (bicyclic) bond motifs is 7. The van der Waals surface area contributed by atoms with E-state index in [1.165, 1.54) is 104 Å². The van der Waals surface area contributed by atoms with E-state index in [4.69, 9.17) is 9.47 Å². The maximum absolute atomic E-state index is 6.19. The van der Waals surface area contributed by atoms with Gasteiger partial charge in [0, 0.05) is 40.1 Å². The Morgan fingerprint density at radius 2 is 1.08 bits per heavy atom. The Morgan fingerprint density at radius 1 is 0.508 bits per heavy atom. The molecule has 3 aliphatic heterocycles. The van der Waals surface area contributed by atoms with Crippen LogP contribution in [0.3, 0.4) is 0 Å². The molecule has 0 atom stereocenters. The van der Waals surface area contributed by atoms with E-state index in [2.05, 4.69) is 196 Å². The van der Waals surface area contributed by atoms with Crippen molar-refractivity contribution >= 4 is 57.2 Å². The quantitative estimate of drug-likeness (QED) is 0.166. The Kier molecular flexibility index (Phi) is 8.53. The second-order valence-corrected chi connectivity index (χ2v) is 23.2. The molecule has 0 bridgehead atoms. The van der Waals surface area contributed by atoms with Crippen LogP contribution in [0.1, 0.15) is 135 Å². The fourth-order valence-corrected chi connectivity index (χ4v) is 11.9. The fraction of sp³-hybridized carbons (Fsp3) is 0.379. The van der Waals surface area contributed by atoms with Crippen LogP contribution < -0.4 is 35.7 Å². The second-order valence-electron chi connectivity index (χ2n) is 23.2. The van der Waals surface area contributed by atoms with Crippen LogP contribution in [0, 0.1) is 6.92 Å². The summed E-state index contributed by atoms with van der Waals surface area (Å²) in [4.78, 5) is 5.23. The summed E-state index contributed by atoms with van der Waals surface area (Å²) in [7, 11) is 0. The molecule has 2 aliphatic carbocycles. The van der Waals surface area contributed by atoms with Crippen molar-refractivity contribution in [1.29, 1.82) is 0 Å². The number of hydrogen-bond donors (Lipinski definition) is 0. The van der Waals surface area contributed by atoms with Gasteiger partial charge >= 0.3 is 0 Å². The number of nitrogens with zero attached hydrogens (tertiary/aromatic N) is 2. The Hall–Kier alpha value is -5.42. The number of rotatable bonds is 3. The third-order valence-corrected chi connectivity index (χ3v) is 16.0. The van der Waals surface area contributed by atoms with Crippen molar-refractivity contribution in [2.75, 3.05) is 16.6 Å². The van der Waals surface area contributed by atoms with E-state index >= 15 is 0 Å². The van der Waals surface area contributed by atoms with Crippen LogP contribution >= 0.6 is 0 Å². The average Bonchev–Trinajstić information content (AvgIpc) is 3.71. The van der Waals surface area contributed by atoms with Crippen LogP contribution in [-0.2, 0) is 27.1 Å². The maximum atomic E-state index is 6.19. The van der Waals surface area contributed by atoms with Crippen molar-refractivity contribution in [3.8, 4) is 22.6 Å². The molecule has 0 unspecified atom stereocenters. The van der Waals surface area contributed by atoms with Gasteiger partial charge < -0.3 is 19.3 Å². The van der Waals surface area contributed by atoms with Crippen molar-refractivity contribution in [2.45, 2.75) is 136 Å². The van der Waals surface area contributed by atoms with E-state index in [0.717, 1.165) is 28.3 Å². The molecule has 63 heavy (non-hydrogen) atoms. The van der Waals surface area contributed by atoms with E-state index < -0.39 is 0 Å². The van der Waals surface area contributed by atoms with Crippen molar-refractivity contribution in [3.63, 3.8) is 0 Å². The van der Waals surface area contributed by atoms with Crippen molar-refractivity contribution in [2.24, 2.45) is 0 Å². The van der Waals surface area contributed by atoms with Crippen molar-refractivity contribution < 1.29 is 9.47 Å². The molecule has 6 aromatic carbocycles. The van der Waals surface area contributed by atoms with Gasteiger partial charge in [-0.15, -0.1) is 0 Å². The summed E-state index contributed by atoms with van der Waals surface area (Å²) in [6.45, 7) is 29.2. The van der Waals surface area contributed by atoms with Crippen LogP contribution in [0.2, 0.25) is 0 Å². The lowest BCUT2D eigenvalue weighted by atomic mass is 9.33. The summed E-state index contributed by atoms with van der Waals surface area (Å²) in [5.41, 5.74) is 22.5. The maximum Gasteiger partial charge on any atom is 0.252 e. The van der Waals surface area contributed by atoms with E-state index in [1.54, 1.807) is 0 Å². The zero-order valence-electron chi connectivity index (χ0n) is 39.6. The Morgan fingerprint density at radius 3 is 1.73 bits per heavy atom. The summed E-state index contributed by atoms with van der Waals surface area (Å²) in [6.07, 6.45) is 4.71. The molecule has 0 spiro atoms. The summed E-state index contributed by atoms with van der Waals surface area (Å²) >= 11 is 0. The number of benzene rings is 6. The highest BCUT2D eigenvalue weighted by Gasteiger charge is 2.48. The molecule has 4 nitrogen and oxygen atoms in total. The highest BCUT2D eigenvalue weighted by Crippen LogP contribution is 2.54. The smallest absolute Gasteiger partial charge is 0.252 e. The SMILES string of the molecule is Cc1cc2c3c(c1)N(c1cc4c(cc1-c1ccccc1)OCO4)c1ccc(C(C)(C)C)cc1B3c1cc3c(cc1N2c1ccc2c(c1)C(C)(C)CCC2(C)C)C(C)(C)CCC3(C)C. The van der Waals surface area contributed by atoms with Crippen LogP contribution in [-0.4, -0.2) is 13.5 Å². The normalized spacial score (nSPS) is 19.1. The van der Waals surface area contributed by atoms with Gasteiger partial charge in [-0.25, -0.2) is 0 Å². The van der Waals surface area contributed by atoms with Gasteiger partial charge in [0.05, 0.1) is 5.69 Å². The molecule has 0 saturated heterocycles.